The van der Waals surface area contributed by atoms with Gasteiger partial charge in [0.15, 0.2) is 0 Å². The Morgan fingerprint density at radius 3 is 2.36 bits per heavy atom. The molecule has 0 bridgehead atoms. The lowest BCUT2D eigenvalue weighted by Crippen LogP contribution is -2.08. The molecule has 2 rings (SSSR count). The first-order valence-corrected chi connectivity index (χ1v) is 7.09. The molecule has 0 heterocycles. The van der Waals surface area contributed by atoms with E-state index in [2.05, 4.69) is 6.07 Å². The van der Waals surface area contributed by atoms with Gasteiger partial charge in [-0.1, -0.05) is 29.8 Å². The number of benzene rings is 2. The van der Waals surface area contributed by atoms with Crippen LogP contribution in [-0.4, -0.2) is 21.2 Å². The number of hydrogen-bond acceptors (Lipinski definition) is 3. The van der Waals surface area contributed by atoms with Gasteiger partial charge >= 0.3 is 0 Å². The predicted octanol–water partition coefficient (Wildman–Crippen LogP) is 4.13. The highest BCUT2D eigenvalue weighted by atomic mass is 16.5. The van der Waals surface area contributed by atoms with Crippen LogP contribution in [0, 0.1) is 18.3 Å². The molecular weight excluding hydrogens is 272 g/mol. The van der Waals surface area contributed by atoms with Crippen LogP contribution >= 0.6 is 0 Å². The molecule has 0 aliphatic rings. The standard InChI is InChI=1S/C19H20N2O/c1-14-5-7-15(8-6-14)17(13-20)11-16-9-10-18(21(2)3)12-19(16)22-4/h5-12H,1-4H3. The molecule has 2 aromatic carbocycles. The van der Waals surface area contributed by atoms with Crippen molar-refractivity contribution in [2.75, 3.05) is 26.1 Å². The van der Waals surface area contributed by atoms with Gasteiger partial charge in [-0.15, -0.1) is 0 Å². The summed E-state index contributed by atoms with van der Waals surface area (Å²) in [5, 5.41) is 9.45. The molecule has 0 fully saturated rings. The summed E-state index contributed by atoms with van der Waals surface area (Å²) in [5.41, 5.74) is 4.66. The predicted molar refractivity (Wildman–Crippen MR) is 92.0 cm³/mol. The molecule has 0 saturated carbocycles. The summed E-state index contributed by atoms with van der Waals surface area (Å²) in [6.07, 6.45) is 1.86. The Balaban J connectivity index is 2.46. The fourth-order valence-electron chi connectivity index (χ4n) is 2.17. The van der Waals surface area contributed by atoms with E-state index in [-0.39, 0.29) is 0 Å². The van der Waals surface area contributed by atoms with Crippen molar-refractivity contribution in [1.82, 2.24) is 0 Å². The van der Waals surface area contributed by atoms with Gasteiger partial charge in [-0.05, 0) is 30.7 Å². The van der Waals surface area contributed by atoms with E-state index < -0.39 is 0 Å². The molecule has 0 aliphatic carbocycles. The number of anilines is 1. The molecule has 0 amide bonds. The molecule has 0 aromatic heterocycles. The van der Waals surface area contributed by atoms with Gasteiger partial charge in [-0.2, -0.15) is 5.26 Å². The van der Waals surface area contributed by atoms with E-state index >= 15 is 0 Å². The average Bonchev–Trinajstić information content (AvgIpc) is 2.53. The Hall–Kier alpha value is -2.73. The summed E-state index contributed by atoms with van der Waals surface area (Å²) in [7, 11) is 5.61. The van der Waals surface area contributed by atoms with Gasteiger partial charge in [0.05, 0.1) is 18.8 Å². The van der Waals surface area contributed by atoms with E-state index in [4.69, 9.17) is 4.74 Å². The van der Waals surface area contributed by atoms with E-state index in [1.54, 1.807) is 7.11 Å². The molecule has 0 radical (unpaired) electrons. The van der Waals surface area contributed by atoms with Crippen molar-refractivity contribution in [3.8, 4) is 11.8 Å². The molecule has 2 aromatic rings. The Labute approximate surface area is 132 Å². The molecule has 0 spiro atoms. The molecule has 3 nitrogen and oxygen atoms in total. The van der Waals surface area contributed by atoms with Gasteiger partial charge in [0.2, 0.25) is 0 Å². The second kappa shape index (κ2) is 6.82. The third kappa shape index (κ3) is 3.48. The molecule has 22 heavy (non-hydrogen) atoms. The van der Waals surface area contributed by atoms with Crippen LogP contribution in [0.3, 0.4) is 0 Å². The SMILES string of the molecule is COc1cc(N(C)C)ccc1C=C(C#N)c1ccc(C)cc1. The van der Waals surface area contributed by atoms with Crippen LogP contribution in [0.4, 0.5) is 5.69 Å². The zero-order valence-electron chi connectivity index (χ0n) is 13.4. The van der Waals surface area contributed by atoms with E-state index in [0.717, 1.165) is 22.6 Å². The second-order valence-corrected chi connectivity index (χ2v) is 5.36. The molecular formula is C19H20N2O. The maximum Gasteiger partial charge on any atom is 0.128 e. The molecule has 0 atom stereocenters. The average molecular weight is 292 g/mol. The first kappa shape index (κ1) is 15.7. The fourth-order valence-corrected chi connectivity index (χ4v) is 2.17. The van der Waals surface area contributed by atoms with Crippen molar-refractivity contribution < 1.29 is 4.74 Å². The molecule has 3 heteroatoms. The Morgan fingerprint density at radius 1 is 1.14 bits per heavy atom. The van der Waals surface area contributed by atoms with Crippen molar-refractivity contribution in [2.24, 2.45) is 0 Å². The summed E-state index contributed by atoms with van der Waals surface area (Å²) in [6, 6.07) is 16.2. The number of ether oxygens (including phenoxy) is 1. The van der Waals surface area contributed by atoms with E-state index in [1.807, 2.05) is 74.5 Å². The number of aryl methyl sites for hydroxylation is 1. The van der Waals surface area contributed by atoms with Crippen molar-refractivity contribution >= 4 is 17.3 Å². The van der Waals surface area contributed by atoms with Crippen LogP contribution in [0.5, 0.6) is 5.75 Å². The number of nitrogens with zero attached hydrogens (tertiary/aromatic N) is 2. The number of allylic oxidation sites excluding steroid dienone is 1. The zero-order chi connectivity index (χ0) is 16.1. The first-order chi connectivity index (χ1) is 10.5. The minimum atomic E-state index is 0.621. The number of nitriles is 1. The molecule has 0 aliphatic heterocycles. The van der Waals surface area contributed by atoms with Gasteiger partial charge in [-0.25, -0.2) is 0 Å². The normalized spacial score (nSPS) is 11.0. The van der Waals surface area contributed by atoms with Crippen LogP contribution in [0.1, 0.15) is 16.7 Å². The van der Waals surface area contributed by atoms with Gasteiger partial charge < -0.3 is 9.64 Å². The lowest BCUT2D eigenvalue weighted by molar-refractivity contribution is 0.414. The largest absolute Gasteiger partial charge is 0.496 e. The van der Waals surface area contributed by atoms with Crippen molar-refractivity contribution in [3.05, 3.63) is 59.2 Å². The van der Waals surface area contributed by atoms with Crippen molar-refractivity contribution in [2.45, 2.75) is 6.92 Å². The summed E-state index contributed by atoms with van der Waals surface area (Å²) in [6.45, 7) is 2.03. The van der Waals surface area contributed by atoms with Gasteiger partial charge in [0.1, 0.15) is 5.75 Å². The first-order valence-electron chi connectivity index (χ1n) is 7.09. The smallest absolute Gasteiger partial charge is 0.128 e. The monoisotopic (exact) mass is 292 g/mol. The second-order valence-electron chi connectivity index (χ2n) is 5.36. The highest BCUT2D eigenvalue weighted by Crippen LogP contribution is 2.28. The third-order valence-corrected chi connectivity index (χ3v) is 3.52. The quantitative estimate of drug-likeness (QED) is 0.628. The lowest BCUT2D eigenvalue weighted by Gasteiger charge is -2.15. The summed E-state index contributed by atoms with van der Waals surface area (Å²) >= 11 is 0. The van der Waals surface area contributed by atoms with Gasteiger partial charge in [0, 0.05) is 31.4 Å². The summed E-state index contributed by atoms with van der Waals surface area (Å²) in [4.78, 5) is 2.02. The van der Waals surface area contributed by atoms with Crippen LogP contribution < -0.4 is 9.64 Å². The van der Waals surface area contributed by atoms with E-state index in [0.29, 0.717) is 5.57 Å². The number of hydrogen-bond donors (Lipinski definition) is 0. The molecule has 0 unspecified atom stereocenters. The molecule has 0 N–H and O–H groups in total. The lowest BCUT2D eigenvalue weighted by atomic mass is 10.0. The van der Waals surface area contributed by atoms with Crippen LogP contribution in [0.15, 0.2) is 42.5 Å². The van der Waals surface area contributed by atoms with Crippen LogP contribution in [0.25, 0.3) is 11.6 Å². The Morgan fingerprint density at radius 2 is 1.82 bits per heavy atom. The van der Waals surface area contributed by atoms with E-state index in [9.17, 15) is 5.26 Å². The molecule has 112 valence electrons. The van der Waals surface area contributed by atoms with Crippen molar-refractivity contribution in [3.63, 3.8) is 0 Å². The number of methoxy groups -OCH3 is 1. The Kier molecular flexibility index (Phi) is 4.85. The van der Waals surface area contributed by atoms with Gasteiger partial charge in [-0.3, -0.25) is 0 Å². The van der Waals surface area contributed by atoms with Gasteiger partial charge in [0.25, 0.3) is 0 Å². The third-order valence-electron chi connectivity index (χ3n) is 3.52. The van der Waals surface area contributed by atoms with Crippen molar-refractivity contribution in [1.29, 1.82) is 5.26 Å². The van der Waals surface area contributed by atoms with E-state index in [1.165, 1.54) is 5.56 Å². The maximum absolute atomic E-state index is 9.45. The number of rotatable bonds is 4. The fraction of sp³-hybridized carbons (Fsp3) is 0.211. The minimum Gasteiger partial charge on any atom is -0.496 e. The molecule has 0 saturated heterocycles. The Bertz CT molecular complexity index is 722. The minimum absolute atomic E-state index is 0.621. The van der Waals surface area contributed by atoms with Crippen LogP contribution in [0.2, 0.25) is 0 Å². The highest BCUT2D eigenvalue weighted by Gasteiger charge is 2.07. The summed E-state index contributed by atoms with van der Waals surface area (Å²) < 4.78 is 5.46. The zero-order valence-corrected chi connectivity index (χ0v) is 13.4. The highest BCUT2D eigenvalue weighted by molar-refractivity contribution is 5.91. The summed E-state index contributed by atoms with van der Waals surface area (Å²) in [5.74, 6) is 0.756. The topological polar surface area (TPSA) is 36.3 Å². The maximum atomic E-state index is 9.45. The van der Waals surface area contributed by atoms with Crippen LogP contribution in [-0.2, 0) is 0 Å².